The summed E-state index contributed by atoms with van der Waals surface area (Å²) in [4.78, 5) is 10.6. The Morgan fingerprint density at radius 3 is 2.52 bits per heavy atom. The molecule has 120 valence electrons. The first-order valence-electron chi connectivity index (χ1n) is 7.88. The topological polar surface area (TPSA) is 38.2 Å². The summed E-state index contributed by atoms with van der Waals surface area (Å²) in [6.07, 6.45) is 9.69. The fraction of sp³-hybridized carbons (Fsp3) is 0.333. The van der Waals surface area contributed by atoms with Crippen LogP contribution in [0.25, 0.3) is 6.08 Å². The van der Waals surface area contributed by atoms with E-state index < -0.39 is 0 Å². The van der Waals surface area contributed by atoms with Gasteiger partial charge in [-0.1, -0.05) is 54.1 Å². The quantitative estimate of drug-likeness (QED) is 0.838. The largest absolute Gasteiger partial charge is 0.460 e. The van der Waals surface area contributed by atoms with Gasteiger partial charge in [0, 0.05) is 19.6 Å². The molecule has 1 saturated heterocycles. The van der Waals surface area contributed by atoms with Gasteiger partial charge in [-0.3, -0.25) is 4.90 Å². The minimum Gasteiger partial charge on any atom is -0.460 e. The second-order valence-electron chi connectivity index (χ2n) is 5.61. The van der Waals surface area contributed by atoms with Gasteiger partial charge in [0.2, 0.25) is 0 Å². The van der Waals surface area contributed by atoms with Crippen molar-refractivity contribution in [3.63, 3.8) is 0 Å². The second-order valence-corrected chi connectivity index (χ2v) is 6.05. The molecule has 5 heteroatoms. The first kappa shape index (κ1) is 16.0. The molecule has 23 heavy (non-hydrogen) atoms. The lowest BCUT2D eigenvalue weighted by Gasteiger charge is -2.30. The number of hydrogen-bond acceptors (Lipinski definition) is 4. The van der Waals surface area contributed by atoms with Crippen LogP contribution in [0.1, 0.15) is 18.4 Å². The summed E-state index contributed by atoms with van der Waals surface area (Å²) in [7, 11) is 0. The van der Waals surface area contributed by atoms with E-state index in [0.29, 0.717) is 11.0 Å². The van der Waals surface area contributed by atoms with Crippen LogP contribution in [-0.4, -0.2) is 40.6 Å². The highest BCUT2D eigenvalue weighted by Gasteiger charge is 2.20. The van der Waals surface area contributed by atoms with Crippen molar-refractivity contribution in [1.29, 1.82) is 0 Å². The summed E-state index contributed by atoms with van der Waals surface area (Å²) in [6, 6.07) is 10.8. The molecule has 1 fully saturated rings. The predicted octanol–water partition coefficient (Wildman–Crippen LogP) is 3.69. The van der Waals surface area contributed by atoms with Crippen molar-refractivity contribution >= 4 is 17.7 Å². The molecule has 3 rings (SSSR count). The number of likely N-dealkylation sites (tertiary alicyclic amines) is 1. The van der Waals surface area contributed by atoms with Crippen molar-refractivity contribution in [2.45, 2.75) is 18.9 Å². The molecule has 0 atom stereocenters. The van der Waals surface area contributed by atoms with E-state index in [2.05, 4.69) is 51.3 Å². The maximum absolute atomic E-state index is 5.81. The molecule has 0 amide bonds. The summed E-state index contributed by atoms with van der Waals surface area (Å²) in [5, 5.41) is 0.525. The molecular formula is C18H20ClN3O. The lowest BCUT2D eigenvalue weighted by molar-refractivity contribution is 0.0985. The third-order valence-corrected chi connectivity index (χ3v) is 4.07. The summed E-state index contributed by atoms with van der Waals surface area (Å²) in [6.45, 7) is 3.02. The monoisotopic (exact) mass is 329 g/mol. The Bertz CT molecular complexity index is 622. The average molecular weight is 330 g/mol. The fourth-order valence-electron chi connectivity index (χ4n) is 2.62. The summed E-state index contributed by atoms with van der Waals surface area (Å²) >= 11 is 5.77. The van der Waals surface area contributed by atoms with Gasteiger partial charge in [-0.2, -0.15) is 0 Å². The molecule has 1 aromatic heterocycles. The fourth-order valence-corrected chi connectivity index (χ4v) is 2.72. The lowest BCUT2D eigenvalue weighted by Crippen LogP contribution is -2.38. The number of halogens is 1. The third-order valence-electron chi connectivity index (χ3n) is 3.88. The molecule has 2 aromatic rings. The number of aromatic nitrogens is 2. The molecule has 0 radical (unpaired) electrons. The highest BCUT2D eigenvalue weighted by Crippen LogP contribution is 2.16. The SMILES string of the molecule is Clc1cnc(OC2CCN(CC=Cc3ccccc3)CC2)nc1. The van der Waals surface area contributed by atoms with Crippen molar-refractivity contribution in [2.24, 2.45) is 0 Å². The number of rotatable bonds is 5. The maximum Gasteiger partial charge on any atom is 0.316 e. The van der Waals surface area contributed by atoms with Crippen molar-refractivity contribution in [1.82, 2.24) is 14.9 Å². The van der Waals surface area contributed by atoms with Crippen LogP contribution in [0.5, 0.6) is 6.01 Å². The summed E-state index contributed by atoms with van der Waals surface area (Å²) in [5.41, 5.74) is 1.24. The van der Waals surface area contributed by atoms with Crippen LogP contribution in [0.15, 0.2) is 48.8 Å². The van der Waals surface area contributed by atoms with Crippen LogP contribution in [0.4, 0.5) is 0 Å². The molecule has 2 heterocycles. The van der Waals surface area contributed by atoms with Crippen LogP contribution >= 0.6 is 11.6 Å². The van der Waals surface area contributed by atoms with Gasteiger partial charge in [0.05, 0.1) is 17.4 Å². The first-order valence-corrected chi connectivity index (χ1v) is 8.25. The Labute approximate surface area is 141 Å². The molecule has 0 unspecified atom stereocenters. The molecule has 1 aromatic carbocycles. The predicted molar refractivity (Wildman–Crippen MR) is 92.6 cm³/mol. The van der Waals surface area contributed by atoms with Crippen LogP contribution in [0, 0.1) is 0 Å². The maximum atomic E-state index is 5.81. The van der Waals surface area contributed by atoms with Gasteiger partial charge in [0.15, 0.2) is 0 Å². The van der Waals surface area contributed by atoms with E-state index in [1.165, 1.54) is 5.56 Å². The Morgan fingerprint density at radius 1 is 1.13 bits per heavy atom. The summed E-state index contributed by atoms with van der Waals surface area (Å²) in [5.74, 6) is 0. The van der Waals surface area contributed by atoms with Crippen molar-refractivity contribution < 1.29 is 4.74 Å². The van der Waals surface area contributed by atoms with E-state index in [-0.39, 0.29) is 6.10 Å². The zero-order valence-electron chi connectivity index (χ0n) is 12.9. The lowest BCUT2D eigenvalue weighted by atomic mass is 10.1. The Morgan fingerprint density at radius 2 is 1.83 bits per heavy atom. The number of piperidine rings is 1. The van der Waals surface area contributed by atoms with Crippen molar-refractivity contribution in [2.75, 3.05) is 19.6 Å². The molecule has 0 bridgehead atoms. The van der Waals surface area contributed by atoms with Crippen LogP contribution in [-0.2, 0) is 0 Å². The zero-order valence-corrected chi connectivity index (χ0v) is 13.7. The highest BCUT2D eigenvalue weighted by atomic mass is 35.5. The van der Waals surface area contributed by atoms with E-state index in [9.17, 15) is 0 Å². The molecule has 4 nitrogen and oxygen atoms in total. The standard InChI is InChI=1S/C18H20ClN3O/c19-16-13-20-18(21-14-16)23-17-8-11-22(12-9-17)10-4-7-15-5-2-1-3-6-15/h1-7,13-14,17H,8-12H2. The van der Waals surface area contributed by atoms with Crippen LogP contribution in [0.3, 0.4) is 0 Å². The molecule has 0 saturated carbocycles. The van der Waals surface area contributed by atoms with Gasteiger partial charge < -0.3 is 4.74 Å². The minimum atomic E-state index is 0.186. The molecule has 0 spiro atoms. The number of benzene rings is 1. The van der Waals surface area contributed by atoms with Gasteiger partial charge in [0.25, 0.3) is 0 Å². The third kappa shape index (κ3) is 5.05. The number of hydrogen-bond donors (Lipinski definition) is 0. The molecule has 1 aliphatic heterocycles. The van der Waals surface area contributed by atoms with Gasteiger partial charge in [-0.05, 0) is 18.4 Å². The Hall–Kier alpha value is -1.91. The van der Waals surface area contributed by atoms with Crippen molar-refractivity contribution in [3.8, 4) is 6.01 Å². The van der Waals surface area contributed by atoms with E-state index in [1.807, 2.05) is 6.07 Å². The van der Waals surface area contributed by atoms with Crippen LogP contribution < -0.4 is 4.74 Å². The number of ether oxygens (including phenoxy) is 1. The Kier molecular flexibility index (Phi) is 5.61. The molecule has 1 aliphatic rings. The van der Waals surface area contributed by atoms with Gasteiger partial charge in [0.1, 0.15) is 6.10 Å². The van der Waals surface area contributed by atoms with E-state index in [1.54, 1.807) is 12.4 Å². The first-order chi connectivity index (χ1) is 11.3. The van der Waals surface area contributed by atoms with Gasteiger partial charge >= 0.3 is 6.01 Å². The zero-order chi connectivity index (χ0) is 15.9. The average Bonchev–Trinajstić information content (AvgIpc) is 2.59. The number of nitrogens with zero attached hydrogens (tertiary/aromatic N) is 3. The molecule has 0 N–H and O–H groups in total. The van der Waals surface area contributed by atoms with E-state index in [0.717, 1.165) is 32.5 Å². The highest BCUT2D eigenvalue weighted by molar-refractivity contribution is 6.30. The van der Waals surface area contributed by atoms with Gasteiger partial charge in [-0.25, -0.2) is 9.97 Å². The normalized spacial score (nSPS) is 16.7. The molecule has 0 aliphatic carbocycles. The Balaban J connectivity index is 1.41. The van der Waals surface area contributed by atoms with Gasteiger partial charge in [-0.15, -0.1) is 0 Å². The summed E-state index contributed by atoms with van der Waals surface area (Å²) < 4.78 is 5.81. The van der Waals surface area contributed by atoms with E-state index in [4.69, 9.17) is 16.3 Å². The van der Waals surface area contributed by atoms with Crippen molar-refractivity contribution in [3.05, 3.63) is 59.4 Å². The minimum absolute atomic E-state index is 0.186. The van der Waals surface area contributed by atoms with E-state index >= 15 is 0 Å². The molecular weight excluding hydrogens is 310 g/mol. The second kappa shape index (κ2) is 8.09. The smallest absolute Gasteiger partial charge is 0.316 e. The van der Waals surface area contributed by atoms with Crippen LogP contribution in [0.2, 0.25) is 5.02 Å².